The highest BCUT2D eigenvalue weighted by molar-refractivity contribution is 7.18. The number of anilines is 1. The molecule has 5 aromatic rings. The highest BCUT2D eigenvalue weighted by atomic mass is 32.1. The fraction of sp³-hybridized carbons (Fsp3) is 0.167. The summed E-state index contributed by atoms with van der Waals surface area (Å²) in [6.45, 7) is 3.61. The van der Waals surface area contributed by atoms with Gasteiger partial charge in [-0.05, 0) is 34.9 Å². The molecule has 134 valence electrons. The van der Waals surface area contributed by atoms with Crippen molar-refractivity contribution in [2.24, 2.45) is 0 Å². The van der Waals surface area contributed by atoms with Crippen LogP contribution in [0.3, 0.4) is 0 Å². The number of aromatic amines is 1. The van der Waals surface area contributed by atoms with E-state index < -0.39 is 0 Å². The van der Waals surface area contributed by atoms with Gasteiger partial charge in [0.15, 0.2) is 5.82 Å². The van der Waals surface area contributed by atoms with Gasteiger partial charge in [0.05, 0.1) is 5.52 Å². The molecule has 0 atom stereocenters. The average Bonchev–Trinajstić information content (AvgIpc) is 3.43. The number of nitrogens with one attached hydrogen (secondary N) is 2. The monoisotopic (exact) mass is 376 g/mol. The van der Waals surface area contributed by atoms with Crippen molar-refractivity contribution in [2.75, 3.05) is 11.9 Å². The number of thiophene rings is 1. The molecule has 27 heavy (non-hydrogen) atoms. The van der Waals surface area contributed by atoms with Crippen LogP contribution < -0.4 is 5.32 Å². The van der Waals surface area contributed by atoms with Gasteiger partial charge in [-0.3, -0.25) is 0 Å². The summed E-state index contributed by atoms with van der Waals surface area (Å²) in [6.07, 6.45) is 3.81. The molecule has 0 unspecified atom stereocenters. The Morgan fingerprint density at radius 2 is 2.19 bits per heavy atom. The SMILES string of the molecule is Cc1nccn1CCNc1nc2cc(-c3nnn[nH]3)ccc2c2sccc12. The van der Waals surface area contributed by atoms with Crippen LogP contribution >= 0.6 is 11.3 Å². The highest BCUT2D eigenvalue weighted by Crippen LogP contribution is 2.34. The number of H-pyrrole nitrogens is 1. The Morgan fingerprint density at radius 1 is 1.22 bits per heavy atom. The van der Waals surface area contributed by atoms with E-state index in [0.29, 0.717) is 5.82 Å². The number of hydrogen-bond acceptors (Lipinski definition) is 7. The number of rotatable bonds is 5. The third-order valence-electron chi connectivity index (χ3n) is 4.58. The second-order valence-electron chi connectivity index (χ2n) is 6.20. The van der Waals surface area contributed by atoms with E-state index in [1.165, 1.54) is 4.70 Å². The maximum Gasteiger partial charge on any atom is 0.179 e. The van der Waals surface area contributed by atoms with Crippen LogP contribution in [0.4, 0.5) is 5.82 Å². The normalized spacial score (nSPS) is 11.4. The maximum absolute atomic E-state index is 4.88. The molecule has 0 bridgehead atoms. The van der Waals surface area contributed by atoms with Crippen LogP contribution in [0.25, 0.3) is 32.4 Å². The van der Waals surface area contributed by atoms with Gasteiger partial charge in [0.1, 0.15) is 11.6 Å². The average molecular weight is 376 g/mol. The maximum atomic E-state index is 4.88. The lowest BCUT2D eigenvalue weighted by molar-refractivity contribution is 0.700. The van der Waals surface area contributed by atoms with Crippen molar-refractivity contribution in [1.29, 1.82) is 0 Å². The molecule has 4 aromatic heterocycles. The number of tetrazole rings is 1. The summed E-state index contributed by atoms with van der Waals surface area (Å²) >= 11 is 1.72. The van der Waals surface area contributed by atoms with E-state index in [2.05, 4.69) is 53.0 Å². The van der Waals surface area contributed by atoms with Crippen LogP contribution in [0, 0.1) is 6.92 Å². The standard InChI is InChI=1S/C18H16N8S/c1-11-19-5-7-26(11)8-6-20-18-14-4-9-27-16(14)13-3-2-12(10-15(13)21-18)17-22-24-25-23-17/h2-5,7,9-10H,6,8H2,1H3,(H,20,21)(H,22,23,24,25). The first-order valence-electron chi connectivity index (χ1n) is 8.56. The zero-order chi connectivity index (χ0) is 18.2. The number of pyridine rings is 1. The smallest absolute Gasteiger partial charge is 0.179 e. The fourth-order valence-electron chi connectivity index (χ4n) is 3.20. The lowest BCUT2D eigenvalue weighted by atomic mass is 10.1. The molecule has 8 nitrogen and oxygen atoms in total. The summed E-state index contributed by atoms with van der Waals surface area (Å²) in [5.41, 5.74) is 1.83. The molecule has 2 N–H and O–H groups in total. The summed E-state index contributed by atoms with van der Waals surface area (Å²) in [6, 6.07) is 8.23. The van der Waals surface area contributed by atoms with Gasteiger partial charge < -0.3 is 9.88 Å². The van der Waals surface area contributed by atoms with Gasteiger partial charge in [-0.1, -0.05) is 12.1 Å². The quantitative estimate of drug-likeness (QED) is 0.489. The van der Waals surface area contributed by atoms with Gasteiger partial charge in [-0.2, -0.15) is 0 Å². The number of aromatic nitrogens is 7. The Labute approximate surface area is 158 Å². The predicted octanol–water partition coefficient (Wildman–Crippen LogP) is 3.25. The summed E-state index contributed by atoms with van der Waals surface area (Å²) in [5.74, 6) is 2.54. The Morgan fingerprint density at radius 3 is 3.00 bits per heavy atom. The molecular weight excluding hydrogens is 360 g/mol. The number of hydrogen-bond donors (Lipinski definition) is 2. The molecule has 0 aliphatic carbocycles. The molecule has 0 amide bonds. The van der Waals surface area contributed by atoms with E-state index in [4.69, 9.17) is 4.98 Å². The predicted molar refractivity (Wildman–Crippen MR) is 106 cm³/mol. The Hall–Kier alpha value is -3.33. The summed E-state index contributed by atoms with van der Waals surface area (Å²) in [4.78, 5) is 9.14. The Kier molecular flexibility index (Phi) is 3.79. The van der Waals surface area contributed by atoms with Crippen molar-refractivity contribution in [2.45, 2.75) is 13.5 Å². The lowest BCUT2D eigenvalue weighted by Gasteiger charge is -2.11. The largest absolute Gasteiger partial charge is 0.368 e. The lowest BCUT2D eigenvalue weighted by Crippen LogP contribution is -2.12. The first kappa shape index (κ1) is 15.9. The molecule has 0 fully saturated rings. The van der Waals surface area contributed by atoms with Crippen molar-refractivity contribution >= 4 is 38.1 Å². The second-order valence-corrected chi connectivity index (χ2v) is 7.12. The van der Waals surface area contributed by atoms with Gasteiger partial charge in [-0.25, -0.2) is 15.1 Å². The van der Waals surface area contributed by atoms with Gasteiger partial charge in [-0.15, -0.1) is 16.4 Å². The van der Waals surface area contributed by atoms with E-state index in [0.717, 1.165) is 46.6 Å². The zero-order valence-corrected chi connectivity index (χ0v) is 15.4. The molecule has 0 radical (unpaired) electrons. The zero-order valence-electron chi connectivity index (χ0n) is 14.5. The molecule has 1 aromatic carbocycles. The van der Waals surface area contributed by atoms with E-state index in [1.807, 2.05) is 31.5 Å². The minimum absolute atomic E-state index is 0.634. The van der Waals surface area contributed by atoms with E-state index in [1.54, 1.807) is 11.3 Å². The van der Waals surface area contributed by atoms with E-state index >= 15 is 0 Å². The number of benzene rings is 1. The molecule has 0 saturated carbocycles. The van der Waals surface area contributed by atoms with Crippen LogP contribution in [0.15, 0.2) is 42.0 Å². The van der Waals surface area contributed by atoms with Gasteiger partial charge >= 0.3 is 0 Å². The van der Waals surface area contributed by atoms with Crippen molar-refractivity contribution in [3.05, 3.63) is 47.9 Å². The highest BCUT2D eigenvalue weighted by Gasteiger charge is 2.11. The van der Waals surface area contributed by atoms with Crippen molar-refractivity contribution in [3.8, 4) is 11.4 Å². The molecule has 5 rings (SSSR count). The summed E-state index contributed by atoms with van der Waals surface area (Å²) in [5, 5.41) is 21.9. The molecule has 0 aliphatic rings. The second kappa shape index (κ2) is 6.44. The molecular formula is C18H16N8S. The fourth-order valence-corrected chi connectivity index (χ4v) is 4.13. The van der Waals surface area contributed by atoms with E-state index in [-0.39, 0.29) is 0 Å². The molecule has 0 aliphatic heterocycles. The third kappa shape index (κ3) is 2.81. The van der Waals surface area contributed by atoms with Crippen molar-refractivity contribution < 1.29 is 0 Å². The van der Waals surface area contributed by atoms with Gasteiger partial charge in [0, 0.05) is 46.5 Å². The molecule has 4 heterocycles. The van der Waals surface area contributed by atoms with Crippen LogP contribution in [0.1, 0.15) is 5.82 Å². The summed E-state index contributed by atoms with van der Waals surface area (Å²) < 4.78 is 3.34. The molecule has 0 spiro atoms. The van der Waals surface area contributed by atoms with Crippen molar-refractivity contribution in [1.82, 2.24) is 35.2 Å². The topological polar surface area (TPSA) is 97.2 Å². The Bertz CT molecular complexity index is 1220. The van der Waals surface area contributed by atoms with Crippen molar-refractivity contribution in [3.63, 3.8) is 0 Å². The third-order valence-corrected chi connectivity index (χ3v) is 5.53. The first-order valence-corrected chi connectivity index (χ1v) is 9.44. The van der Waals surface area contributed by atoms with Crippen LogP contribution in [-0.2, 0) is 6.54 Å². The Balaban J connectivity index is 1.52. The molecule has 9 heteroatoms. The van der Waals surface area contributed by atoms with Gasteiger partial charge in [0.2, 0.25) is 0 Å². The van der Waals surface area contributed by atoms with E-state index in [9.17, 15) is 0 Å². The minimum Gasteiger partial charge on any atom is -0.368 e. The van der Waals surface area contributed by atoms with Gasteiger partial charge in [0.25, 0.3) is 0 Å². The number of fused-ring (bicyclic) bond motifs is 3. The van der Waals surface area contributed by atoms with Crippen LogP contribution in [0.2, 0.25) is 0 Å². The van der Waals surface area contributed by atoms with Crippen LogP contribution in [-0.4, -0.2) is 41.7 Å². The molecule has 0 saturated heterocycles. The summed E-state index contributed by atoms with van der Waals surface area (Å²) in [7, 11) is 0. The number of nitrogens with zero attached hydrogens (tertiary/aromatic N) is 6. The first-order chi connectivity index (χ1) is 13.3. The number of aryl methyl sites for hydroxylation is 1. The number of imidazole rings is 1. The van der Waals surface area contributed by atoms with Crippen LogP contribution in [0.5, 0.6) is 0 Å². The minimum atomic E-state index is 0.634.